The fourth-order valence-electron chi connectivity index (χ4n) is 2.46. The van der Waals surface area contributed by atoms with Gasteiger partial charge in [0.25, 0.3) is 5.91 Å². The van der Waals surface area contributed by atoms with Crippen LogP contribution in [0.5, 0.6) is 11.5 Å². The van der Waals surface area contributed by atoms with Crippen molar-refractivity contribution in [3.63, 3.8) is 0 Å². The van der Waals surface area contributed by atoms with Crippen LogP contribution in [0.4, 0.5) is 0 Å². The number of hydrogen-bond acceptors (Lipinski definition) is 5. The number of ether oxygens (including phenoxy) is 2. The van der Waals surface area contributed by atoms with Crippen LogP contribution in [0, 0.1) is 5.92 Å². The Hall–Kier alpha value is -1.76. The Balaban J connectivity index is 1.99. The van der Waals surface area contributed by atoms with Crippen LogP contribution in [0.1, 0.15) is 23.7 Å². The maximum Gasteiger partial charge on any atom is 0.251 e. The Bertz CT molecular complexity index is 641. The molecule has 1 aliphatic heterocycles. The molecule has 2 rings (SSSR count). The third-order valence-corrected chi connectivity index (χ3v) is 5.44. The lowest BCUT2D eigenvalue weighted by Gasteiger charge is -2.12. The summed E-state index contributed by atoms with van der Waals surface area (Å²) in [5.41, 5.74) is 0.463. The molecular formula is C15H21NO5S. The standard InChI is InChI=1S/C15H21NO5S/c1-3-21-14-8-12(4-5-13(14)20-2)15(17)16-9-11-6-7-22(18,19)10-11/h4-5,8,11H,3,6-7,9-10H2,1-2H3,(H,16,17)/t11-/m1/s1. The van der Waals surface area contributed by atoms with Crippen LogP contribution in [-0.4, -0.2) is 46.1 Å². The summed E-state index contributed by atoms with van der Waals surface area (Å²) < 4.78 is 33.4. The third-order valence-electron chi connectivity index (χ3n) is 3.60. The number of sulfone groups is 1. The Kier molecular flexibility index (Phi) is 5.28. The highest BCUT2D eigenvalue weighted by Crippen LogP contribution is 2.28. The maximum atomic E-state index is 12.2. The molecule has 22 heavy (non-hydrogen) atoms. The van der Waals surface area contributed by atoms with Crippen molar-refractivity contribution in [1.82, 2.24) is 5.32 Å². The number of amides is 1. The smallest absolute Gasteiger partial charge is 0.251 e. The molecule has 7 heteroatoms. The van der Waals surface area contributed by atoms with Crippen LogP contribution in [0.15, 0.2) is 18.2 Å². The van der Waals surface area contributed by atoms with Crippen LogP contribution in [0.3, 0.4) is 0 Å². The quantitative estimate of drug-likeness (QED) is 0.850. The number of hydrogen-bond donors (Lipinski definition) is 1. The molecule has 1 aliphatic rings. The molecule has 0 aromatic heterocycles. The number of rotatable bonds is 6. The Labute approximate surface area is 130 Å². The first-order valence-corrected chi connectivity index (χ1v) is 9.06. The van der Waals surface area contributed by atoms with Gasteiger partial charge < -0.3 is 14.8 Å². The molecule has 122 valence electrons. The fourth-order valence-corrected chi connectivity index (χ4v) is 4.32. The summed E-state index contributed by atoms with van der Waals surface area (Å²) in [5.74, 6) is 1.21. The minimum absolute atomic E-state index is 0.00133. The molecule has 0 aliphatic carbocycles. The molecule has 1 saturated heterocycles. The van der Waals surface area contributed by atoms with Gasteiger partial charge in [0.05, 0.1) is 25.2 Å². The van der Waals surface area contributed by atoms with Crippen LogP contribution in [-0.2, 0) is 9.84 Å². The van der Waals surface area contributed by atoms with E-state index in [1.807, 2.05) is 6.92 Å². The number of nitrogens with one attached hydrogen (secondary N) is 1. The van der Waals surface area contributed by atoms with E-state index in [0.717, 1.165) is 0 Å². The van der Waals surface area contributed by atoms with Gasteiger partial charge in [-0.25, -0.2) is 8.42 Å². The summed E-state index contributed by atoms with van der Waals surface area (Å²) in [7, 11) is -1.38. The van der Waals surface area contributed by atoms with Gasteiger partial charge in [-0.3, -0.25) is 4.79 Å². The molecule has 0 unspecified atom stereocenters. The lowest BCUT2D eigenvalue weighted by atomic mass is 10.1. The molecule has 1 aromatic rings. The second kappa shape index (κ2) is 7.00. The minimum Gasteiger partial charge on any atom is -0.493 e. The van der Waals surface area contributed by atoms with Crippen molar-refractivity contribution < 1.29 is 22.7 Å². The molecule has 1 heterocycles. The van der Waals surface area contributed by atoms with Crippen molar-refractivity contribution in [2.45, 2.75) is 13.3 Å². The average Bonchev–Trinajstić information content (AvgIpc) is 2.84. The zero-order valence-electron chi connectivity index (χ0n) is 12.8. The van der Waals surface area contributed by atoms with E-state index >= 15 is 0 Å². The van der Waals surface area contributed by atoms with Crippen molar-refractivity contribution in [3.05, 3.63) is 23.8 Å². The lowest BCUT2D eigenvalue weighted by Crippen LogP contribution is -2.29. The molecule has 0 saturated carbocycles. The minimum atomic E-state index is -2.92. The maximum absolute atomic E-state index is 12.2. The average molecular weight is 327 g/mol. The summed E-state index contributed by atoms with van der Waals surface area (Å²) >= 11 is 0. The zero-order valence-corrected chi connectivity index (χ0v) is 13.6. The van der Waals surface area contributed by atoms with Crippen molar-refractivity contribution in [2.75, 3.05) is 31.8 Å². The first-order chi connectivity index (χ1) is 10.4. The van der Waals surface area contributed by atoms with Gasteiger partial charge in [0, 0.05) is 12.1 Å². The van der Waals surface area contributed by atoms with E-state index in [0.29, 0.717) is 36.6 Å². The van der Waals surface area contributed by atoms with Gasteiger partial charge in [-0.1, -0.05) is 0 Å². The van der Waals surface area contributed by atoms with Crippen LogP contribution < -0.4 is 14.8 Å². The predicted octanol–water partition coefficient (Wildman–Crippen LogP) is 1.26. The Morgan fingerprint density at radius 2 is 2.14 bits per heavy atom. The summed E-state index contributed by atoms with van der Waals surface area (Å²) in [5, 5.41) is 2.79. The van der Waals surface area contributed by atoms with Gasteiger partial charge >= 0.3 is 0 Å². The van der Waals surface area contributed by atoms with E-state index in [4.69, 9.17) is 9.47 Å². The summed E-state index contributed by atoms with van der Waals surface area (Å²) in [6, 6.07) is 4.96. The monoisotopic (exact) mass is 327 g/mol. The molecule has 6 nitrogen and oxygen atoms in total. The fraction of sp³-hybridized carbons (Fsp3) is 0.533. The zero-order chi connectivity index (χ0) is 16.2. The molecule has 1 fully saturated rings. The number of benzene rings is 1. The molecule has 1 atom stereocenters. The first-order valence-electron chi connectivity index (χ1n) is 7.24. The number of methoxy groups -OCH3 is 1. The molecule has 0 spiro atoms. The first kappa shape index (κ1) is 16.6. The largest absolute Gasteiger partial charge is 0.493 e. The van der Waals surface area contributed by atoms with Gasteiger partial charge in [0.2, 0.25) is 0 Å². The van der Waals surface area contributed by atoms with Crippen LogP contribution in [0.2, 0.25) is 0 Å². The molecule has 0 bridgehead atoms. The van der Waals surface area contributed by atoms with Crippen LogP contribution >= 0.6 is 0 Å². The summed E-state index contributed by atoms with van der Waals surface area (Å²) in [6.45, 7) is 2.70. The van der Waals surface area contributed by atoms with E-state index in [2.05, 4.69) is 5.32 Å². The van der Waals surface area contributed by atoms with Crippen molar-refractivity contribution in [2.24, 2.45) is 5.92 Å². The van der Waals surface area contributed by atoms with Gasteiger partial charge in [-0.2, -0.15) is 0 Å². The molecule has 0 radical (unpaired) electrons. The molecule has 1 N–H and O–H groups in total. The van der Waals surface area contributed by atoms with Crippen LogP contribution in [0.25, 0.3) is 0 Å². The SMILES string of the molecule is CCOc1cc(C(=O)NC[C@H]2CCS(=O)(=O)C2)ccc1OC. The highest BCUT2D eigenvalue weighted by molar-refractivity contribution is 7.91. The van der Waals surface area contributed by atoms with E-state index in [9.17, 15) is 13.2 Å². The second-order valence-corrected chi connectivity index (χ2v) is 7.51. The number of carbonyl (C=O) groups is 1. The van der Waals surface area contributed by atoms with Gasteiger partial charge in [-0.15, -0.1) is 0 Å². The van der Waals surface area contributed by atoms with Gasteiger partial charge in [0.15, 0.2) is 21.3 Å². The highest BCUT2D eigenvalue weighted by atomic mass is 32.2. The summed E-state index contributed by atoms with van der Waals surface area (Å²) in [4.78, 5) is 12.2. The van der Waals surface area contributed by atoms with Gasteiger partial charge in [0.1, 0.15) is 0 Å². The van der Waals surface area contributed by atoms with E-state index in [1.54, 1.807) is 18.2 Å². The van der Waals surface area contributed by atoms with Crippen molar-refractivity contribution >= 4 is 15.7 Å². The second-order valence-electron chi connectivity index (χ2n) is 5.28. The van der Waals surface area contributed by atoms with E-state index in [1.165, 1.54) is 7.11 Å². The molecule has 1 amide bonds. The number of carbonyl (C=O) groups excluding carboxylic acids is 1. The van der Waals surface area contributed by atoms with Gasteiger partial charge in [-0.05, 0) is 37.5 Å². The lowest BCUT2D eigenvalue weighted by molar-refractivity contribution is 0.0948. The Morgan fingerprint density at radius 3 is 2.73 bits per heavy atom. The third kappa shape index (κ3) is 4.13. The van der Waals surface area contributed by atoms with E-state index < -0.39 is 9.84 Å². The highest BCUT2D eigenvalue weighted by Gasteiger charge is 2.28. The molecular weight excluding hydrogens is 306 g/mol. The normalized spacial score (nSPS) is 19.6. The van der Waals surface area contributed by atoms with E-state index in [-0.39, 0.29) is 23.3 Å². The van der Waals surface area contributed by atoms with Crippen molar-refractivity contribution in [3.8, 4) is 11.5 Å². The Morgan fingerprint density at radius 1 is 1.36 bits per heavy atom. The predicted molar refractivity (Wildman–Crippen MR) is 83.3 cm³/mol. The van der Waals surface area contributed by atoms with Crippen molar-refractivity contribution in [1.29, 1.82) is 0 Å². The molecule has 1 aromatic carbocycles. The summed E-state index contributed by atoms with van der Waals surface area (Å²) in [6.07, 6.45) is 0.607. The topological polar surface area (TPSA) is 81.7 Å².